The number of benzene rings is 1. The quantitative estimate of drug-likeness (QED) is 0.546. The van der Waals surface area contributed by atoms with E-state index in [0.29, 0.717) is 23.0 Å². The van der Waals surface area contributed by atoms with Gasteiger partial charge in [0.15, 0.2) is 17.3 Å². The molecule has 1 fully saturated rings. The van der Waals surface area contributed by atoms with Crippen LogP contribution >= 0.6 is 0 Å². The minimum Gasteiger partial charge on any atom is -0.378 e. The highest BCUT2D eigenvalue weighted by molar-refractivity contribution is 5.87. The van der Waals surface area contributed by atoms with Gasteiger partial charge in [-0.2, -0.15) is 0 Å². The zero-order valence-corrected chi connectivity index (χ0v) is 16.3. The van der Waals surface area contributed by atoms with Crippen molar-refractivity contribution in [2.45, 2.75) is 13.8 Å². The Labute approximate surface area is 167 Å². The van der Waals surface area contributed by atoms with Crippen LogP contribution in [0.25, 0.3) is 22.6 Å². The van der Waals surface area contributed by atoms with E-state index in [9.17, 15) is 0 Å². The molecule has 2 N–H and O–H groups in total. The second-order valence-corrected chi connectivity index (χ2v) is 6.97. The first-order chi connectivity index (χ1) is 14.2. The average Bonchev–Trinajstić information content (AvgIpc) is 3.35. The van der Waals surface area contributed by atoms with Gasteiger partial charge in [0.2, 0.25) is 0 Å². The largest absolute Gasteiger partial charge is 0.378 e. The van der Waals surface area contributed by atoms with Gasteiger partial charge < -0.3 is 24.5 Å². The van der Waals surface area contributed by atoms with Crippen molar-refractivity contribution in [1.82, 2.24) is 25.1 Å². The van der Waals surface area contributed by atoms with Gasteiger partial charge in [-0.05, 0) is 38.1 Å². The fraction of sp³-hybridized carbons (Fsp3) is 0.300. The van der Waals surface area contributed by atoms with Crippen molar-refractivity contribution in [2.24, 2.45) is 0 Å². The van der Waals surface area contributed by atoms with Gasteiger partial charge in [-0.1, -0.05) is 5.16 Å². The molecular formula is C20H21N7O2. The number of rotatable bonds is 4. The number of aromatic nitrogens is 5. The molecule has 4 heterocycles. The maximum Gasteiger partial charge on any atom is 0.183 e. The van der Waals surface area contributed by atoms with Gasteiger partial charge in [0.1, 0.15) is 11.3 Å². The normalized spacial score (nSPS) is 14.5. The van der Waals surface area contributed by atoms with Gasteiger partial charge in [0, 0.05) is 24.5 Å². The van der Waals surface area contributed by atoms with E-state index < -0.39 is 0 Å². The topological polar surface area (TPSA) is 105 Å². The molecule has 148 valence electrons. The van der Waals surface area contributed by atoms with Crippen LogP contribution in [0.4, 0.5) is 17.2 Å². The molecule has 3 aromatic heterocycles. The van der Waals surface area contributed by atoms with E-state index in [1.807, 2.05) is 26.0 Å². The molecule has 0 atom stereocenters. The maximum atomic E-state index is 5.43. The molecular weight excluding hydrogens is 370 g/mol. The van der Waals surface area contributed by atoms with Crippen LogP contribution in [0.1, 0.15) is 11.5 Å². The summed E-state index contributed by atoms with van der Waals surface area (Å²) in [5.41, 5.74) is 4.99. The number of nitrogens with one attached hydrogen (secondary N) is 2. The number of imidazole rings is 1. The van der Waals surface area contributed by atoms with Crippen molar-refractivity contribution >= 4 is 28.4 Å². The second kappa shape index (κ2) is 7.17. The molecule has 1 aliphatic rings. The number of nitrogens with zero attached hydrogens (tertiary/aromatic N) is 5. The molecule has 0 spiro atoms. The number of anilines is 3. The lowest BCUT2D eigenvalue weighted by Crippen LogP contribution is -2.36. The predicted molar refractivity (Wildman–Crippen MR) is 109 cm³/mol. The Morgan fingerprint density at radius 2 is 1.86 bits per heavy atom. The van der Waals surface area contributed by atoms with Crippen molar-refractivity contribution in [2.75, 3.05) is 36.5 Å². The van der Waals surface area contributed by atoms with Gasteiger partial charge in [-0.25, -0.2) is 15.0 Å². The molecule has 5 rings (SSSR count). The van der Waals surface area contributed by atoms with Gasteiger partial charge >= 0.3 is 0 Å². The molecule has 0 bridgehead atoms. The number of aromatic amines is 1. The van der Waals surface area contributed by atoms with Crippen LogP contribution in [-0.2, 0) is 4.74 Å². The highest BCUT2D eigenvalue weighted by Gasteiger charge is 2.18. The smallest absolute Gasteiger partial charge is 0.183 e. The number of H-pyrrole nitrogens is 1. The monoisotopic (exact) mass is 391 g/mol. The van der Waals surface area contributed by atoms with Crippen molar-refractivity contribution in [3.8, 4) is 11.4 Å². The molecule has 0 aliphatic carbocycles. The first-order valence-corrected chi connectivity index (χ1v) is 9.53. The second-order valence-electron chi connectivity index (χ2n) is 6.97. The Kier molecular flexibility index (Phi) is 4.36. The fourth-order valence-corrected chi connectivity index (χ4v) is 3.55. The molecule has 0 radical (unpaired) electrons. The van der Waals surface area contributed by atoms with Gasteiger partial charge in [-0.15, -0.1) is 0 Å². The molecule has 0 saturated carbocycles. The Morgan fingerprint density at radius 1 is 1.07 bits per heavy atom. The lowest BCUT2D eigenvalue weighted by Gasteiger charge is -2.28. The van der Waals surface area contributed by atoms with Crippen molar-refractivity contribution in [3.05, 3.63) is 42.0 Å². The number of aryl methyl sites for hydroxylation is 2. The summed E-state index contributed by atoms with van der Waals surface area (Å²) in [4.78, 5) is 19.0. The summed E-state index contributed by atoms with van der Waals surface area (Å²) in [6.07, 6.45) is 1.61. The van der Waals surface area contributed by atoms with Crippen LogP contribution < -0.4 is 10.2 Å². The standard InChI is InChI=1S/C20H21N7O2/c1-12-16(13(2)29-26-12)18-24-19-17(21-11-22-19)20(25-18)23-14-3-5-15(6-4-14)27-7-9-28-10-8-27/h3-6,11H,7-10H2,1-2H3,(H2,21,22,23,24,25). The lowest BCUT2D eigenvalue weighted by atomic mass is 10.2. The third kappa shape index (κ3) is 3.29. The molecule has 29 heavy (non-hydrogen) atoms. The van der Waals surface area contributed by atoms with E-state index in [-0.39, 0.29) is 0 Å². The SMILES string of the molecule is Cc1noc(C)c1-c1nc(Nc2ccc(N3CCOCC3)cc2)c2[nH]cnc2n1. The highest BCUT2D eigenvalue weighted by Crippen LogP contribution is 2.29. The predicted octanol–water partition coefficient (Wildman–Crippen LogP) is 3.20. The zero-order chi connectivity index (χ0) is 19.8. The van der Waals surface area contributed by atoms with Crippen molar-refractivity contribution in [3.63, 3.8) is 0 Å². The molecule has 1 aromatic carbocycles. The molecule has 9 heteroatoms. The average molecular weight is 391 g/mol. The van der Waals surface area contributed by atoms with Gasteiger partial charge in [0.05, 0.1) is 30.8 Å². The minimum absolute atomic E-state index is 0.535. The number of hydrogen-bond donors (Lipinski definition) is 2. The number of morpholine rings is 1. The van der Waals surface area contributed by atoms with E-state index in [2.05, 4.69) is 42.5 Å². The van der Waals surface area contributed by atoms with E-state index in [0.717, 1.165) is 48.8 Å². The Hall–Kier alpha value is -3.46. The van der Waals surface area contributed by atoms with Crippen molar-refractivity contribution in [1.29, 1.82) is 0 Å². The van der Waals surface area contributed by atoms with Crippen LogP contribution in [0.15, 0.2) is 35.1 Å². The van der Waals surface area contributed by atoms with Crippen molar-refractivity contribution < 1.29 is 9.26 Å². The molecule has 0 amide bonds. The molecule has 1 saturated heterocycles. The summed E-state index contributed by atoms with van der Waals surface area (Å²) >= 11 is 0. The third-order valence-electron chi connectivity index (χ3n) is 5.05. The lowest BCUT2D eigenvalue weighted by molar-refractivity contribution is 0.122. The first kappa shape index (κ1) is 17.6. The van der Waals surface area contributed by atoms with E-state index in [4.69, 9.17) is 14.2 Å². The fourth-order valence-electron chi connectivity index (χ4n) is 3.55. The summed E-state index contributed by atoms with van der Waals surface area (Å²) in [5, 5.41) is 7.40. The van der Waals surface area contributed by atoms with Crippen LogP contribution in [0.2, 0.25) is 0 Å². The molecule has 4 aromatic rings. The van der Waals surface area contributed by atoms with Gasteiger partial charge in [-0.3, -0.25) is 0 Å². The van der Waals surface area contributed by atoms with E-state index in [1.165, 1.54) is 5.69 Å². The number of fused-ring (bicyclic) bond motifs is 1. The number of hydrogen-bond acceptors (Lipinski definition) is 8. The summed E-state index contributed by atoms with van der Waals surface area (Å²) < 4.78 is 10.7. The van der Waals surface area contributed by atoms with Crippen LogP contribution in [0.3, 0.4) is 0 Å². The molecule has 0 unspecified atom stereocenters. The molecule has 1 aliphatic heterocycles. The van der Waals surface area contributed by atoms with Crippen LogP contribution in [0.5, 0.6) is 0 Å². The summed E-state index contributed by atoms with van der Waals surface area (Å²) in [5.74, 6) is 1.87. The van der Waals surface area contributed by atoms with Crippen LogP contribution in [0, 0.1) is 13.8 Å². The number of ether oxygens (including phenoxy) is 1. The van der Waals surface area contributed by atoms with E-state index in [1.54, 1.807) is 6.33 Å². The minimum atomic E-state index is 0.535. The summed E-state index contributed by atoms with van der Waals surface area (Å²) in [6.45, 7) is 7.08. The summed E-state index contributed by atoms with van der Waals surface area (Å²) in [7, 11) is 0. The maximum absolute atomic E-state index is 5.43. The van der Waals surface area contributed by atoms with Gasteiger partial charge in [0.25, 0.3) is 0 Å². The molecule has 9 nitrogen and oxygen atoms in total. The van der Waals surface area contributed by atoms with E-state index >= 15 is 0 Å². The van der Waals surface area contributed by atoms with Crippen LogP contribution in [-0.4, -0.2) is 51.4 Å². The first-order valence-electron chi connectivity index (χ1n) is 9.53. The Balaban J connectivity index is 1.48. The Bertz CT molecular complexity index is 1120. The zero-order valence-electron chi connectivity index (χ0n) is 16.3. The Morgan fingerprint density at radius 3 is 2.59 bits per heavy atom. The third-order valence-corrected chi connectivity index (χ3v) is 5.05. The summed E-state index contributed by atoms with van der Waals surface area (Å²) in [6, 6.07) is 8.30. The highest BCUT2D eigenvalue weighted by atomic mass is 16.5.